The van der Waals surface area contributed by atoms with E-state index >= 15 is 0 Å². The van der Waals surface area contributed by atoms with Crippen LogP contribution in [0.15, 0.2) is 126 Å². The Morgan fingerprint density at radius 2 is 1.36 bits per heavy atom. The van der Waals surface area contributed by atoms with E-state index in [0.29, 0.717) is 43.1 Å². The van der Waals surface area contributed by atoms with Gasteiger partial charge in [0, 0.05) is 23.4 Å². The first-order valence-corrected chi connectivity index (χ1v) is 16.0. The lowest BCUT2D eigenvalue weighted by molar-refractivity contribution is -0.123. The molecule has 2 N–H and O–H groups in total. The normalized spacial score (nSPS) is 14.0. The van der Waals surface area contributed by atoms with Gasteiger partial charge < -0.3 is 20.1 Å². The molecular formula is C35H34N2O6S. The number of amides is 2. The third-order valence-electron chi connectivity index (χ3n) is 7.19. The molecule has 8 nitrogen and oxygen atoms in total. The first-order valence-electron chi connectivity index (χ1n) is 14.4. The monoisotopic (exact) mass is 610 g/mol. The molecule has 0 saturated heterocycles. The Kier molecular flexibility index (Phi) is 10.1. The van der Waals surface area contributed by atoms with Crippen LogP contribution in [0, 0.1) is 0 Å². The average Bonchev–Trinajstić information content (AvgIpc) is 3.06. The molecule has 0 spiro atoms. The van der Waals surface area contributed by atoms with Crippen molar-refractivity contribution in [3.05, 3.63) is 137 Å². The maximum Gasteiger partial charge on any atom is 0.252 e. The zero-order chi connectivity index (χ0) is 30.8. The number of aryl methyl sites for hydroxylation is 1. The van der Waals surface area contributed by atoms with Gasteiger partial charge in [0.15, 0.2) is 21.3 Å². The van der Waals surface area contributed by atoms with Crippen LogP contribution >= 0.6 is 0 Å². The predicted octanol–water partition coefficient (Wildman–Crippen LogP) is 4.90. The van der Waals surface area contributed by atoms with Gasteiger partial charge in [0.25, 0.3) is 5.91 Å². The summed E-state index contributed by atoms with van der Waals surface area (Å²) in [6, 6.07) is 30.6. The Balaban J connectivity index is 1.37. The highest BCUT2D eigenvalue weighted by Crippen LogP contribution is 2.30. The number of hydrogen-bond donors (Lipinski definition) is 2. The second-order valence-corrected chi connectivity index (χ2v) is 12.2. The molecule has 0 bridgehead atoms. The summed E-state index contributed by atoms with van der Waals surface area (Å²) in [7, 11) is -3.73. The SMILES string of the molecule is O=C(N[C@@H](Cc1ccccc1)C(=O)N[C@H](/C=C/S(=O)(=O)c1ccccc1)CCc1ccccc1)c1ccc2c(c1)OCCO2. The van der Waals surface area contributed by atoms with Gasteiger partial charge in [0.2, 0.25) is 5.91 Å². The second-order valence-electron chi connectivity index (χ2n) is 10.4. The van der Waals surface area contributed by atoms with Crippen LogP contribution in [-0.4, -0.2) is 45.5 Å². The molecule has 2 atom stereocenters. The Morgan fingerprint density at radius 1 is 0.750 bits per heavy atom. The Morgan fingerprint density at radius 3 is 2.05 bits per heavy atom. The fraction of sp³-hybridized carbons (Fsp3) is 0.200. The van der Waals surface area contributed by atoms with Crippen molar-refractivity contribution in [2.45, 2.75) is 36.2 Å². The van der Waals surface area contributed by atoms with Crippen LogP contribution in [0.4, 0.5) is 0 Å². The van der Waals surface area contributed by atoms with Gasteiger partial charge in [0.05, 0.1) is 4.90 Å². The highest BCUT2D eigenvalue weighted by molar-refractivity contribution is 7.94. The number of carbonyl (C=O) groups is 2. The summed E-state index contributed by atoms with van der Waals surface area (Å²) >= 11 is 0. The lowest BCUT2D eigenvalue weighted by Crippen LogP contribution is -2.50. The Bertz CT molecular complexity index is 1690. The van der Waals surface area contributed by atoms with Crippen molar-refractivity contribution < 1.29 is 27.5 Å². The minimum atomic E-state index is -3.73. The van der Waals surface area contributed by atoms with E-state index in [1.807, 2.05) is 60.7 Å². The van der Waals surface area contributed by atoms with Crippen LogP contribution in [0.5, 0.6) is 11.5 Å². The average molecular weight is 611 g/mol. The Hall–Kier alpha value is -4.89. The zero-order valence-electron chi connectivity index (χ0n) is 24.1. The number of hydrogen-bond acceptors (Lipinski definition) is 6. The van der Waals surface area contributed by atoms with E-state index in [2.05, 4.69) is 10.6 Å². The standard InChI is InChI=1S/C35H34N2O6S/c38-34(28-17-19-32-33(25-28)43-22-21-42-32)37-31(24-27-12-6-2-7-13-27)35(39)36-29(18-16-26-10-4-1-5-11-26)20-23-44(40,41)30-14-8-3-9-15-30/h1-15,17,19-20,23,25,29,31H,16,18,21-22,24H2,(H,36,39)(H,37,38)/b23-20+/t29-,31-/m0/s1. The molecule has 0 unspecified atom stereocenters. The fourth-order valence-corrected chi connectivity index (χ4v) is 5.93. The summed E-state index contributed by atoms with van der Waals surface area (Å²) in [6.45, 7) is 0.819. The van der Waals surface area contributed by atoms with Crippen molar-refractivity contribution in [1.29, 1.82) is 0 Å². The molecule has 0 fully saturated rings. The third kappa shape index (κ3) is 8.35. The van der Waals surface area contributed by atoms with Gasteiger partial charge in [0.1, 0.15) is 19.3 Å². The van der Waals surface area contributed by atoms with E-state index in [4.69, 9.17) is 9.47 Å². The molecule has 1 aliphatic rings. The smallest absolute Gasteiger partial charge is 0.252 e. The number of sulfone groups is 1. The summed E-state index contributed by atoms with van der Waals surface area (Å²) in [5.41, 5.74) is 2.24. The van der Waals surface area contributed by atoms with Crippen LogP contribution in [0.2, 0.25) is 0 Å². The highest BCUT2D eigenvalue weighted by Gasteiger charge is 2.25. The maximum atomic E-state index is 13.8. The van der Waals surface area contributed by atoms with E-state index in [-0.39, 0.29) is 11.3 Å². The van der Waals surface area contributed by atoms with Crippen molar-refractivity contribution in [3.8, 4) is 11.5 Å². The van der Waals surface area contributed by atoms with Gasteiger partial charge >= 0.3 is 0 Å². The molecule has 0 radical (unpaired) electrons. The molecule has 1 aliphatic heterocycles. The van der Waals surface area contributed by atoms with Crippen molar-refractivity contribution in [3.63, 3.8) is 0 Å². The second kappa shape index (κ2) is 14.5. The van der Waals surface area contributed by atoms with E-state index < -0.39 is 33.7 Å². The van der Waals surface area contributed by atoms with E-state index in [1.165, 1.54) is 18.2 Å². The topological polar surface area (TPSA) is 111 Å². The number of benzene rings is 4. The van der Waals surface area contributed by atoms with Gasteiger partial charge in [-0.25, -0.2) is 8.42 Å². The minimum absolute atomic E-state index is 0.165. The maximum absolute atomic E-state index is 13.8. The van der Waals surface area contributed by atoms with Gasteiger partial charge in [-0.2, -0.15) is 0 Å². The van der Waals surface area contributed by atoms with Gasteiger partial charge in [-0.15, -0.1) is 0 Å². The predicted molar refractivity (Wildman–Crippen MR) is 168 cm³/mol. The summed E-state index contributed by atoms with van der Waals surface area (Å²) in [4.78, 5) is 27.3. The summed E-state index contributed by atoms with van der Waals surface area (Å²) in [5.74, 6) is 0.157. The van der Waals surface area contributed by atoms with Gasteiger partial charge in [-0.3, -0.25) is 9.59 Å². The number of ether oxygens (including phenoxy) is 2. The minimum Gasteiger partial charge on any atom is -0.486 e. The fourth-order valence-electron chi connectivity index (χ4n) is 4.84. The van der Waals surface area contributed by atoms with Crippen molar-refractivity contribution >= 4 is 21.7 Å². The van der Waals surface area contributed by atoms with E-state index in [0.717, 1.165) is 16.5 Å². The molecule has 226 valence electrons. The molecule has 1 heterocycles. The van der Waals surface area contributed by atoms with Crippen molar-refractivity contribution in [2.75, 3.05) is 13.2 Å². The van der Waals surface area contributed by atoms with E-state index in [1.54, 1.807) is 36.4 Å². The molecule has 2 amide bonds. The van der Waals surface area contributed by atoms with Crippen molar-refractivity contribution in [1.82, 2.24) is 10.6 Å². The van der Waals surface area contributed by atoms with Crippen LogP contribution in [0.1, 0.15) is 27.9 Å². The lowest BCUT2D eigenvalue weighted by atomic mass is 10.0. The molecule has 0 aromatic heterocycles. The zero-order valence-corrected chi connectivity index (χ0v) is 24.9. The van der Waals surface area contributed by atoms with Crippen LogP contribution in [0.3, 0.4) is 0 Å². The quantitative estimate of drug-likeness (QED) is 0.236. The third-order valence-corrected chi connectivity index (χ3v) is 8.63. The molecule has 5 rings (SSSR count). The molecule has 44 heavy (non-hydrogen) atoms. The first kappa shape index (κ1) is 30.6. The molecule has 4 aromatic carbocycles. The van der Waals surface area contributed by atoms with Gasteiger partial charge in [-0.05, 0) is 54.3 Å². The summed E-state index contributed by atoms with van der Waals surface area (Å²) in [5, 5.41) is 7.00. The molecular weight excluding hydrogens is 576 g/mol. The molecule has 9 heteroatoms. The van der Waals surface area contributed by atoms with Crippen LogP contribution < -0.4 is 20.1 Å². The molecule has 0 saturated carbocycles. The van der Waals surface area contributed by atoms with Gasteiger partial charge in [-0.1, -0.05) is 84.9 Å². The van der Waals surface area contributed by atoms with E-state index in [9.17, 15) is 18.0 Å². The number of fused-ring (bicyclic) bond motifs is 1. The number of rotatable bonds is 12. The van der Waals surface area contributed by atoms with Crippen LogP contribution in [0.25, 0.3) is 0 Å². The largest absolute Gasteiger partial charge is 0.486 e. The summed E-state index contributed by atoms with van der Waals surface area (Å²) in [6.07, 6.45) is 2.80. The highest BCUT2D eigenvalue weighted by atomic mass is 32.2. The molecule has 0 aliphatic carbocycles. The number of nitrogens with one attached hydrogen (secondary N) is 2. The first-order chi connectivity index (χ1) is 21.4. The van der Waals surface area contributed by atoms with Crippen molar-refractivity contribution in [2.24, 2.45) is 0 Å². The number of carbonyl (C=O) groups excluding carboxylic acids is 2. The molecule has 4 aromatic rings. The Labute approximate surface area is 257 Å². The lowest BCUT2D eigenvalue weighted by Gasteiger charge is -2.23. The summed E-state index contributed by atoms with van der Waals surface area (Å²) < 4.78 is 37.2. The van der Waals surface area contributed by atoms with Crippen LogP contribution in [-0.2, 0) is 27.5 Å².